The van der Waals surface area contributed by atoms with Gasteiger partial charge in [-0.05, 0) is 46.3 Å². The van der Waals surface area contributed by atoms with Gasteiger partial charge in [-0.2, -0.15) is 0 Å². The predicted octanol–water partition coefficient (Wildman–Crippen LogP) is 1.45. The molecule has 0 saturated heterocycles. The van der Waals surface area contributed by atoms with Crippen molar-refractivity contribution in [1.29, 1.82) is 0 Å². The summed E-state index contributed by atoms with van der Waals surface area (Å²) in [4.78, 5) is 15.6. The van der Waals surface area contributed by atoms with Crippen LogP contribution in [-0.4, -0.2) is 24.4 Å². The number of nitrogens with zero attached hydrogens (tertiary/aromatic N) is 1. The smallest absolute Gasteiger partial charge is 0.278 e. The Morgan fingerprint density at radius 1 is 1.33 bits per heavy atom. The molecule has 0 saturated carbocycles. The van der Waals surface area contributed by atoms with E-state index in [1.54, 1.807) is 0 Å². The van der Waals surface area contributed by atoms with Gasteiger partial charge < -0.3 is 10.4 Å². The fourth-order valence-electron chi connectivity index (χ4n) is 1.53. The Kier molecular flexibility index (Phi) is 4.26. The summed E-state index contributed by atoms with van der Waals surface area (Å²) in [6, 6.07) is 6.73. The molecule has 0 fully saturated rings. The number of primary sulfonamides is 1. The molecule has 2 rings (SSSR count). The van der Waals surface area contributed by atoms with Crippen molar-refractivity contribution in [3.05, 3.63) is 46.7 Å². The summed E-state index contributed by atoms with van der Waals surface area (Å²) in [5.74, 6) is -0.885. The second kappa shape index (κ2) is 5.80. The second-order valence-corrected chi connectivity index (χ2v) is 6.43. The lowest BCUT2D eigenvalue weighted by molar-refractivity contribution is 0.101. The topological polar surface area (TPSA) is 122 Å². The highest BCUT2D eigenvalue weighted by Gasteiger charge is 2.15. The largest absolute Gasteiger partial charge is 0.505 e. The van der Waals surface area contributed by atoms with Crippen LogP contribution in [0.5, 0.6) is 5.75 Å². The van der Waals surface area contributed by atoms with Crippen LogP contribution in [0, 0.1) is 0 Å². The van der Waals surface area contributed by atoms with E-state index in [1.165, 1.54) is 36.5 Å². The zero-order valence-corrected chi connectivity index (χ0v) is 12.8. The van der Waals surface area contributed by atoms with E-state index in [0.717, 1.165) is 0 Å². The quantitative estimate of drug-likeness (QED) is 0.753. The monoisotopic (exact) mass is 371 g/mol. The van der Waals surface area contributed by atoms with Crippen molar-refractivity contribution < 1.29 is 18.3 Å². The fourth-order valence-corrected chi connectivity index (χ4v) is 2.70. The number of sulfonamides is 1. The Balaban J connectivity index is 2.29. The van der Waals surface area contributed by atoms with E-state index in [4.69, 9.17) is 5.14 Å². The van der Waals surface area contributed by atoms with Crippen LogP contribution >= 0.6 is 15.9 Å². The number of hydrogen-bond donors (Lipinski definition) is 3. The Bertz CT molecular complexity index is 808. The molecule has 2 aromatic rings. The minimum absolute atomic E-state index is 0.0898. The maximum absolute atomic E-state index is 12.0. The van der Waals surface area contributed by atoms with Gasteiger partial charge in [0.05, 0.1) is 10.6 Å². The summed E-state index contributed by atoms with van der Waals surface area (Å²) in [5.41, 5.74) is 0.178. The number of aromatic hydroxyl groups is 1. The van der Waals surface area contributed by atoms with Gasteiger partial charge in [-0.15, -0.1) is 0 Å². The van der Waals surface area contributed by atoms with Crippen LogP contribution in [0.4, 0.5) is 5.69 Å². The van der Waals surface area contributed by atoms with Gasteiger partial charge in [0.25, 0.3) is 5.91 Å². The number of pyridine rings is 1. The number of benzene rings is 1. The number of halogens is 1. The maximum atomic E-state index is 12.0. The van der Waals surface area contributed by atoms with Gasteiger partial charge in [0, 0.05) is 10.7 Å². The molecule has 0 unspecified atom stereocenters. The highest BCUT2D eigenvalue weighted by molar-refractivity contribution is 9.10. The number of nitrogens with one attached hydrogen (secondary N) is 1. The van der Waals surface area contributed by atoms with Gasteiger partial charge >= 0.3 is 0 Å². The average Bonchev–Trinajstić information content (AvgIpc) is 2.40. The first-order chi connectivity index (χ1) is 9.79. The summed E-state index contributed by atoms with van der Waals surface area (Å²) < 4.78 is 22.8. The minimum atomic E-state index is -3.82. The molecule has 1 aromatic carbocycles. The number of anilines is 1. The Labute approximate surface area is 129 Å². The lowest BCUT2D eigenvalue weighted by atomic mass is 10.2. The first-order valence-corrected chi connectivity index (χ1v) is 7.90. The molecule has 9 heteroatoms. The Morgan fingerprint density at radius 3 is 2.62 bits per heavy atom. The van der Waals surface area contributed by atoms with Crippen LogP contribution in [0.1, 0.15) is 10.5 Å². The number of aromatic nitrogens is 1. The maximum Gasteiger partial charge on any atom is 0.278 e. The highest BCUT2D eigenvalue weighted by atomic mass is 79.9. The second-order valence-electron chi connectivity index (χ2n) is 4.01. The van der Waals surface area contributed by atoms with Gasteiger partial charge in [0.15, 0.2) is 5.69 Å². The van der Waals surface area contributed by atoms with Crippen molar-refractivity contribution in [2.24, 2.45) is 5.14 Å². The summed E-state index contributed by atoms with van der Waals surface area (Å²) in [6.07, 6.45) is 1.37. The van der Waals surface area contributed by atoms with Gasteiger partial charge in [0.1, 0.15) is 5.75 Å². The molecule has 110 valence electrons. The van der Waals surface area contributed by atoms with E-state index in [2.05, 4.69) is 26.2 Å². The number of hydrogen-bond acceptors (Lipinski definition) is 5. The summed E-state index contributed by atoms with van der Waals surface area (Å²) in [7, 11) is -3.82. The zero-order valence-electron chi connectivity index (χ0n) is 10.4. The van der Waals surface area contributed by atoms with E-state index in [0.29, 0.717) is 10.2 Å². The predicted molar refractivity (Wildman–Crippen MR) is 79.4 cm³/mol. The average molecular weight is 372 g/mol. The van der Waals surface area contributed by atoms with Crippen molar-refractivity contribution >= 4 is 37.5 Å². The highest BCUT2D eigenvalue weighted by Crippen LogP contribution is 2.26. The molecule has 4 N–H and O–H groups in total. The Morgan fingerprint density at radius 2 is 2.05 bits per heavy atom. The third-order valence-electron chi connectivity index (χ3n) is 2.52. The van der Waals surface area contributed by atoms with Crippen LogP contribution in [0.15, 0.2) is 45.9 Å². The van der Waals surface area contributed by atoms with Crippen LogP contribution in [-0.2, 0) is 10.0 Å². The first-order valence-electron chi connectivity index (χ1n) is 5.57. The molecule has 21 heavy (non-hydrogen) atoms. The SMILES string of the molecule is NS(=O)(=O)c1ccc(NC(=O)c2ncccc2O)c(Br)c1. The normalized spacial score (nSPS) is 11.1. The van der Waals surface area contributed by atoms with Gasteiger partial charge in [-0.1, -0.05) is 0 Å². The molecule has 1 amide bonds. The summed E-state index contributed by atoms with van der Waals surface area (Å²) >= 11 is 3.14. The minimum Gasteiger partial charge on any atom is -0.505 e. The number of amides is 1. The lowest BCUT2D eigenvalue weighted by Crippen LogP contribution is -2.15. The van der Waals surface area contributed by atoms with Crippen LogP contribution in [0.2, 0.25) is 0 Å². The lowest BCUT2D eigenvalue weighted by Gasteiger charge is -2.09. The number of nitrogens with two attached hydrogens (primary N) is 1. The molecule has 0 aliphatic heterocycles. The van der Waals surface area contributed by atoms with E-state index in [1.807, 2.05) is 0 Å². The van der Waals surface area contributed by atoms with E-state index in [9.17, 15) is 18.3 Å². The molecule has 0 radical (unpaired) electrons. The van der Waals surface area contributed by atoms with Gasteiger partial charge in [0.2, 0.25) is 10.0 Å². The third kappa shape index (κ3) is 3.57. The number of rotatable bonds is 3. The first kappa shape index (κ1) is 15.4. The van der Waals surface area contributed by atoms with Crippen molar-refractivity contribution in [3.63, 3.8) is 0 Å². The third-order valence-corrected chi connectivity index (χ3v) is 4.09. The van der Waals surface area contributed by atoms with E-state index < -0.39 is 15.9 Å². The molecule has 0 bridgehead atoms. The van der Waals surface area contributed by atoms with Crippen molar-refractivity contribution in [3.8, 4) is 5.75 Å². The van der Waals surface area contributed by atoms with Crippen molar-refractivity contribution in [1.82, 2.24) is 4.98 Å². The summed E-state index contributed by atoms with van der Waals surface area (Å²) in [6.45, 7) is 0. The van der Waals surface area contributed by atoms with Gasteiger partial charge in [-0.25, -0.2) is 18.5 Å². The molecule has 7 nitrogen and oxygen atoms in total. The van der Waals surface area contributed by atoms with E-state index in [-0.39, 0.29) is 16.3 Å². The van der Waals surface area contributed by atoms with Crippen molar-refractivity contribution in [2.45, 2.75) is 4.90 Å². The van der Waals surface area contributed by atoms with Crippen LogP contribution in [0.25, 0.3) is 0 Å². The van der Waals surface area contributed by atoms with Gasteiger partial charge in [-0.3, -0.25) is 4.79 Å². The molecule has 0 aliphatic carbocycles. The van der Waals surface area contributed by atoms with Crippen LogP contribution < -0.4 is 10.5 Å². The number of carbonyl (C=O) groups excluding carboxylic acids is 1. The molecular weight excluding hydrogens is 362 g/mol. The molecular formula is C12H10BrN3O4S. The molecule has 1 heterocycles. The van der Waals surface area contributed by atoms with E-state index >= 15 is 0 Å². The fraction of sp³-hybridized carbons (Fsp3) is 0. The molecule has 1 aromatic heterocycles. The van der Waals surface area contributed by atoms with Crippen LogP contribution in [0.3, 0.4) is 0 Å². The molecule has 0 atom stereocenters. The van der Waals surface area contributed by atoms with Crippen molar-refractivity contribution in [2.75, 3.05) is 5.32 Å². The molecule has 0 aliphatic rings. The standard InChI is InChI=1S/C12H10BrN3O4S/c13-8-6-7(21(14,19)20)3-4-9(8)16-12(18)11-10(17)2-1-5-15-11/h1-6,17H,(H,16,18)(H2,14,19,20). The molecule has 0 spiro atoms. The Hall–Kier alpha value is -1.97. The number of carbonyl (C=O) groups is 1. The zero-order chi connectivity index (χ0) is 15.6. The summed E-state index contributed by atoms with van der Waals surface area (Å²) in [5, 5.41) is 17.1.